The van der Waals surface area contributed by atoms with Crippen LogP contribution in [0.25, 0.3) is 10.2 Å². The number of fused-ring (bicyclic) bond motifs is 1. The summed E-state index contributed by atoms with van der Waals surface area (Å²) >= 11 is 4.82. The number of hydrogen-bond donors (Lipinski definition) is 1. The number of aromatic nitrogens is 1. The van der Waals surface area contributed by atoms with Crippen molar-refractivity contribution in [1.29, 1.82) is 0 Å². The van der Waals surface area contributed by atoms with Crippen molar-refractivity contribution in [3.05, 3.63) is 16.6 Å². The molecule has 1 aromatic carbocycles. The Morgan fingerprint density at radius 2 is 2.45 bits per heavy atom. The van der Waals surface area contributed by atoms with Gasteiger partial charge >= 0.3 is 0 Å². The Morgan fingerprint density at radius 3 is 3.18 bits per heavy atom. The standard InChI is InChI=1S/C14H15BrN2O4S/c1-19-10-4-8(15)5-11-13(10)17-14(22-11)16-12(18)7-21-9-2-3-20-6-9/h4-5,9H,2-3,6-7H2,1H3,(H,16,17,18). The molecule has 2 heterocycles. The molecule has 1 fully saturated rings. The van der Waals surface area contributed by atoms with Gasteiger partial charge in [-0.05, 0) is 18.6 Å². The summed E-state index contributed by atoms with van der Waals surface area (Å²) in [6.45, 7) is 1.25. The van der Waals surface area contributed by atoms with Gasteiger partial charge in [-0.3, -0.25) is 10.1 Å². The molecule has 22 heavy (non-hydrogen) atoms. The molecule has 1 amide bonds. The zero-order valence-corrected chi connectivity index (χ0v) is 14.3. The third kappa shape index (κ3) is 3.57. The summed E-state index contributed by atoms with van der Waals surface area (Å²) in [6.07, 6.45) is 0.844. The predicted molar refractivity (Wildman–Crippen MR) is 87.7 cm³/mol. The summed E-state index contributed by atoms with van der Waals surface area (Å²) in [5, 5.41) is 3.29. The quantitative estimate of drug-likeness (QED) is 0.855. The lowest BCUT2D eigenvalue weighted by Crippen LogP contribution is -2.23. The number of anilines is 1. The maximum atomic E-state index is 11.9. The molecule has 1 saturated heterocycles. The Hall–Kier alpha value is -1.22. The van der Waals surface area contributed by atoms with Crippen LogP contribution in [0.15, 0.2) is 16.6 Å². The van der Waals surface area contributed by atoms with E-state index in [1.807, 2.05) is 12.1 Å². The lowest BCUT2D eigenvalue weighted by atomic mass is 10.3. The first-order valence-corrected chi connectivity index (χ1v) is 8.40. The summed E-state index contributed by atoms with van der Waals surface area (Å²) in [7, 11) is 1.59. The van der Waals surface area contributed by atoms with Gasteiger partial charge in [0, 0.05) is 11.1 Å². The van der Waals surface area contributed by atoms with E-state index in [9.17, 15) is 4.79 Å². The van der Waals surface area contributed by atoms with Crippen molar-refractivity contribution in [3.8, 4) is 5.75 Å². The molecular formula is C14H15BrN2O4S. The smallest absolute Gasteiger partial charge is 0.252 e. The number of methoxy groups -OCH3 is 1. The van der Waals surface area contributed by atoms with Gasteiger partial charge in [0.2, 0.25) is 0 Å². The van der Waals surface area contributed by atoms with E-state index in [0.717, 1.165) is 21.1 Å². The number of carbonyl (C=O) groups excluding carboxylic acids is 1. The molecule has 3 rings (SSSR count). The number of benzene rings is 1. The van der Waals surface area contributed by atoms with Crippen molar-refractivity contribution >= 4 is 48.5 Å². The Bertz CT molecular complexity index is 685. The maximum Gasteiger partial charge on any atom is 0.252 e. The molecule has 118 valence electrons. The van der Waals surface area contributed by atoms with Crippen LogP contribution < -0.4 is 10.1 Å². The summed E-state index contributed by atoms with van der Waals surface area (Å²) in [5.74, 6) is 0.449. The zero-order valence-electron chi connectivity index (χ0n) is 11.9. The van der Waals surface area contributed by atoms with Gasteiger partial charge in [0.1, 0.15) is 17.9 Å². The summed E-state index contributed by atoms with van der Waals surface area (Å²) in [6, 6.07) is 3.79. The first-order chi connectivity index (χ1) is 10.7. The van der Waals surface area contributed by atoms with Gasteiger partial charge in [0.15, 0.2) is 5.13 Å². The van der Waals surface area contributed by atoms with E-state index in [4.69, 9.17) is 14.2 Å². The van der Waals surface area contributed by atoms with Crippen molar-refractivity contribution in [1.82, 2.24) is 4.98 Å². The summed E-state index contributed by atoms with van der Waals surface area (Å²) in [4.78, 5) is 16.3. The molecule has 1 aliphatic heterocycles. The first-order valence-electron chi connectivity index (χ1n) is 6.79. The molecule has 1 unspecified atom stereocenters. The van der Waals surface area contributed by atoms with Crippen LogP contribution in [0.5, 0.6) is 5.75 Å². The van der Waals surface area contributed by atoms with Gasteiger partial charge in [-0.1, -0.05) is 27.3 Å². The third-order valence-electron chi connectivity index (χ3n) is 3.23. The second kappa shape index (κ2) is 6.91. The largest absolute Gasteiger partial charge is 0.494 e. The third-order valence-corrected chi connectivity index (χ3v) is 4.60. The van der Waals surface area contributed by atoms with Gasteiger partial charge < -0.3 is 14.2 Å². The second-order valence-corrected chi connectivity index (χ2v) is 6.76. The van der Waals surface area contributed by atoms with Crippen LogP contribution in [-0.2, 0) is 14.3 Å². The van der Waals surface area contributed by atoms with Gasteiger partial charge in [0.05, 0.1) is 24.5 Å². The second-order valence-electron chi connectivity index (χ2n) is 4.82. The fourth-order valence-corrected chi connectivity index (χ4v) is 3.70. The number of nitrogens with zero attached hydrogens (tertiary/aromatic N) is 1. The van der Waals surface area contributed by atoms with Crippen LogP contribution in [0.3, 0.4) is 0 Å². The number of halogens is 1. The lowest BCUT2D eigenvalue weighted by molar-refractivity contribution is -0.122. The van der Waals surface area contributed by atoms with Gasteiger partial charge in [-0.2, -0.15) is 0 Å². The fourth-order valence-electron chi connectivity index (χ4n) is 2.17. The summed E-state index contributed by atoms with van der Waals surface area (Å²) in [5.41, 5.74) is 0.733. The number of carbonyl (C=O) groups is 1. The highest BCUT2D eigenvalue weighted by atomic mass is 79.9. The number of hydrogen-bond acceptors (Lipinski definition) is 6. The van der Waals surface area contributed by atoms with Crippen molar-refractivity contribution in [2.75, 3.05) is 32.2 Å². The Kier molecular flexibility index (Phi) is 4.92. The molecule has 6 nitrogen and oxygen atoms in total. The maximum absolute atomic E-state index is 11.9. The minimum atomic E-state index is -0.219. The molecule has 1 N–H and O–H groups in total. The highest BCUT2D eigenvalue weighted by Gasteiger charge is 2.18. The molecule has 0 aliphatic carbocycles. The monoisotopic (exact) mass is 386 g/mol. The number of ether oxygens (including phenoxy) is 3. The molecule has 8 heteroatoms. The topological polar surface area (TPSA) is 69.7 Å². The molecule has 1 aromatic heterocycles. The lowest BCUT2D eigenvalue weighted by Gasteiger charge is -2.08. The number of thiazole rings is 1. The van der Waals surface area contributed by atoms with Crippen LogP contribution in [0.1, 0.15) is 6.42 Å². The van der Waals surface area contributed by atoms with Crippen LogP contribution in [0.2, 0.25) is 0 Å². The number of amides is 1. The minimum Gasteiger partial charge on any atom is -0.494 e. The number of nitrogens with one attached hydrogen (secondary N) is 1. The van der Waals surface area contributed by atoms with E-state index in [0.29, 0.717) is 24.1 Å². The summed E-state index contributed by atoms with van der Waals surface area (Å²) < 4.78 is 17.8. The van der Waals surface area contributed by atoms with Crippen molar-refractivity contribution in [2.45, 2.75) is 12.5 Å². The first kappa shape index (κ1) is 15.7. The van der Waals surface area contributed by atoms with E-state index in [2.05, 4.69) is 26.2 Å². The van der Waals surface area contributed by atoms with Gasteiger partial charge in [-0.25, -0.2) is 4.98 Å². The van der Waals surface area contributed by atoms with Crippen LogP contribution in [-0.4, -0.2) is 43.9 Å². The van der Waals surface area contributed by atoms with Crippen molar-refractivity contribution < 1.29 is 19.0 Å². The molecule has 1 atom stereocenters. The van der Waals surface area contributed by atoms with Crippen molar-refractivity contribution in [2.24, 2.45) is 0 Å². The van der Waals surface area contributed by atoms with Crippen molar-refractivity contribution in [3.63, 3.8) is 0 Å². The minimum absolute atomic E-state index is 0.00474. The van der Waals surface area contributed by atoms with E-state index in [1.165, 1.54) is 11.3 Å². The average Bonchev–Trinajstić information content (AvgIpc) is 3.13. The SMILES string of the molecule is COc1cc(Br)cc2sc(NC(=O)COC3CCOC3)nc12. The van der Waals surface area contributed by atoms with E-state index in [-0.39, 0.29) is 18.6 Å². The Morgan fingerprint density at radius 1 is 1.59 bits per heavy atom. The Balaban J connectivity index is 1.66. The highest BCUT2D eigenvalue weighted by Crippen LogP contribution is 2.35. The zero-order chi connectivity index (χ0) is 15.5. The normalized spacial score (nSPS) is 17.8. The highest BCUT2D eigenvalue weighted by molar-refractivity contribution is 9.10. The predicted octanol–water partition coefficient (Wildman–Crippen LogP) is 2.81. The van der Waals surface area contributed by atoms with E-state index < -0.39 is 0 Å². The van der Waals surface area contributed by atoms with Crippen LogP contribution in [0, 0.1) is 0 Å². The van der Waals surface area contributed by atoms with E-state index >= 15 is 0 Å². The Labute approximate surface area is 139 Å². The molecule has 1 aliphatic rings. The fraction of sp³-hybridized carbons (Fsp3) is 0.429. The van der Waals surface area contributed by atoms with Crippen LogP contribution in [0.4, 0.5) is 5.13 Å². The molecular weight excluding hydrogens is 372 g/mol. The van der Waals surface area contributed by atoms with Gasteiger partial charge in [0.25, 0.3) is 5.91 Å². The molecule has 0 bridgehead atoms. The molecule has 0 saturated carbocycles. The van der Waals surface area contributed by atoms with Crippen LogP contribution >= 0.6 is 27.3 Å². The number of rotatable bonds is 5. The van der Waals surface area contributed by atoms with Gasteiger partial charge in [-0.15, -0.1) is 0 Å². The van der Waals surface area contributed by atoms with E-state index in [1.54, 1.807) is 7.11 Å². The average molecular weight is 387 g/mol. The molecule has 0 spiro atoms. The molecule has 0 radical (unpaired) electrons. The molecule has 2 aromatic rings.